The summed E-state index contributed by atoms with van der Waals surface area (Å²) >= 11 is 10.1. The van der Waals surface area contributed by atoms with Gasteiger partial charge in [0.15, 0.2) is 18.1 Å². The van der Waals surface area contributed by atoms with Crippen molar-refractivity contribution in [3.63, 3.8) is 0 Å². The molecule has 0 unspecified atom stereocenters. The predicted octanol–water partition coefficient (Wildman–Crippen LogP) is 6.11. The molecule has 0 saturated carbocycles. The minimum Gasteiger partial charge on any atom is -0.493 e. The number of aryl methyl sites for hydroxylation is 1. The minimum atomic E-state index is -0.570. The van der Waals surface area contributed by atoms with Gasteiger partial charge in [-0.3, -0.25) is 24.1 Å². The van der Waals surface area contributed by atoms with Crippen molar-refractivity contribution in [3.8, 4) is 11.5 Å². The van der Waals surface area contributed by atoms with Crippen LogP contribution in [0, 0.1) is 6.92 Å². The average Bonchev–Trinajstić information content (AvgIpc) is 3.18. The van der Waals surface area contributed by atoms with Crippen LogP contribution in [0.15, 0.2) is 70.0 Å². The maximum absolute atomic E-state index is 12.9. The first-order valence-corrected chi connectivity index (χ1v) is 13.8. The first-order valence-electron chi connectivity index (χ1n) is 11.8. The number of para-hydroxylation sites is 1. The van der Waals surface area contributed by atoms with E-state index < -0.39 is 29.5 Å². The molecule has 1 saturated heterocycles. The molecular weight excluding hydrogens is 622 g/mol. The summed E-state index contributed by atoms with van der Waals surface area (Å²) < 4.78 is 11.7. The van der Waals surface area contributed by atoms with E-state index in [9.17, 15) is 19.2 Å². The van der Waals surface area contributed by atoms with Crippen LogP contribution in [-0.4, -0.2) is 48.1 Å². The van der Waals surface area contributed by atoms with Gasteiger partial charge in [0, 0.05) is 15.8 Å². The molecule has 1 fully saturated rings. The molecule has 0 spiro atoms. The van der Waals surface area contributed by atoms with Gasteiger partial charge >= 0.3 is 0 Å². The van der Waals surface area contributed by atoms with E-state index in [4.69, 9.17) is 21.1 Å². The number of thioether (sulfide) groups is 1. The smallest absolute Gasteiger partial charge is 0.294 e. The van der Waals surface area contributed by atoms with Gasteiger partial charge in [-0.25, -0.2) is 0 Å². The SMILES string of the molecule is COc1cc(/C=C2/SC(=O)N(CC(=O)Nc3ccccc3C)C2=O)ccc1OCC(=O)Nc1ccc(Br)c(Cl)c1. The summed E-state index contributed by atoms with van der Waals surface area (Å²) in [5.41, 5.74) is 2.56. The first-order chi connectivity index (χ1) is 19.1. The molecule has 1 aliphatic heterocycles. The van der Waals surface area contributed by atoms with E-state index in [-0.39, 0.29) is 11.5 Å². The number of hydrogen-bond donors (Lipinski definition) is 2. The van der Waals surface area contributed by atoms with Crippen LogP contribution in [0.5, 0.6) is 11.5 Å². The molecule has 4 amide bonds. The molecule has 1 heterocycles. The van der Waals surface area contributed by atoms with Crippen LogP contribution in [0.2, 0.25) is 5.02 Å². The zero-order valence-corrected chi connectivity index (χ0v) is 24.5. The van der Waals surface area contributed by atoms with E-state index in [0.29, 0.717) is 37.9 Å². The normalized spacial score (nSPS) is 13.9. The Morgan fingerprint density at radius 2 is 1.80 bits per heavy atom. The van der Waals surface area contributed by atoms with Crippen LogP contribution in [0.3, 0.4) is 0 Å². The number of anilines is 2. The second kappa shape index (κ2) is 13.0. The predicted molar refractivity (Wildman–Crippen MR) is 159 cm³/mol. The number of nitrogens with zero attached hydrogens (tertiary/aromatic N) is 1. The topological polar surface area (TPSA) is 114 Å². The second-order valence-electron chi connectivity index (χ2n) is 8.51. The van der Waals surface area contributed by atoms with Crippen molar-refractivity contribution >= 4 is 79.7 Å². The van der Waals surface area contributed by atoms with Crippen LogP contribution >= 0.6 is 39.3 Å². The third-order valence-electron chi connectivity index (χ3n) is 5.64. The molecule has 1 aliphatic rings. The van der Waals surface area contributed by atoms with Crippen molar-refractivity contribution in [1.29, 1.82) is 0 Å². The molecule has 2 N–H and O–H groups in total. The van der Waals surface area contributed by atoms with Gasteiger partial charge in [-0.05, 0) is 88.2 Å². The molecule has 3 aromatic carbocycles. The highest BCUT2D eigenvalue weighted by atomic mass is 79.9. The Labute approximate surface area is 248 Å². The van der Waals surface area contributed by atoms with Gasteiger partial charge in [-0.1, -0.05) is 35.9 Å². The summed E-state index contributed by atoms with van der Waals surface area (Å²) in [5, 5.41) is 5.33. The van der Waals surface area contributed by atoms with Crippen molar-refractivity contribution in [1.82, 2.24) is 4.90 Å². The Hall–Kier alpha value is -3.80. The molecule has 4 rings (SSSR count). The van der Waals surface area contributed by atoms with Crippen LogP contribution in [0.4, 0.5) is 16.2 Å². The standard InChI is InChI=1S/C28H23BrClN3O6S/c1-16-5-3-4-6-21(16)32-25(34)14-33-27(36)24(40-28(33)37)12-17-7-10-22(23(11-17)38-2)39-15-26(35)31-18-8-9-19(29)20(30)13-18/h3-13H,14-15H2,1-2H3,(H,31,35)(H,32,34)/b24-12+. The third-order valence-corrected chi connectivity index (χ3v) is 7.78. The highest BCUT2D eigenvalue weighted by Gasteiger charge is 2.36. The fraction of sp³-hybridized carbons (Fsp3) is 0.143. The fourth-order valence-electron chi connectivity index (χ4n) is 3.64. The Morgan fingerprint density at radius 3 is 2.52 bits per heavy atom. The molecule has 9 nitrogen and oxygen atoms in total. The van der Waals surface area contributed by atoms with Crippen LogP contribution in [0.1, 0.15) is 11.1 Å². The quantitative estimate of drug-likeness (QED) is 0.270. The van der Waals surface area contributed by atoms with Crippen molar-refractivity contribution < 1.29 is 28.7 Å². The summed E-state index contributed by atoms with van der Waals surface area (Å²) in [6, 6.07) is 17.1. The average molecular weight is 645 g/mol. The number of benzene rings is 3. The molecule has 0 aromatic heterocycles. The molecule has 3 aromatic rings. The van der Waals surface area contributed by atoms with E-state index in [2.05, 4.69) is 26.6 Å². The highest BCUT2D eigenvalue weighted by molar-refractivity contribution is 9.10. The minimum absolute atomic E-state index is 0.164. The van der Waals surface area contributed by atoms with Gasteiger partial charge < -0.3 is 20.1 Å². The summed E-state index contributed by atoms with van der Waals surface area (Å²) in [4.78, 5) is 51.2. The molecule has 0 radical (unpaired) electrons. The van der Waals surface area contributed by atoms with Gasteiger partial charge in [0.1, 0.15) is 6.54 Å². The first kappa shape index (κ1) is 29.2. The zero-order chi connectivity index (χ0) is 28.8. The number of ether oxygens (including phenoxy) is 2. The Morgan fingerprint density at radius 1 is 1.02 bits per heavy atom. The number of rotatable bonds is 9. The molecule has 12 heteroatoms. The molecule has 206 valence electrons. The lowest BCUT2D eigenvalue weighted by Crippen LogP contribution is -2.36. The van der Waals surface area contributed by atoms with Crippen LogP contribution < -0.4 is 20.1 Å². The largest absolute Gasteiger partial charge is 0.493 e. The molecule has 0 atom stereocenters. The number of carbonyl (C=O) groups is 4. The van der Waals surface area contributed by atoms with Gasteiger partial charge in [0.2, 0.25) is 5.91 Å². The molecule has 0 bridgehead atoms. The number of amides is 4. The van der Waals surface area contributed by atoms with Crippen molar-refractivity contribution in [3.05, 3.63) is 86.2 Å². The summed E-state index contributed by atoms with van der Waals surface area (Å²) in [6.45, 7) is 1.16. The van der Waals surface area contributed by atoms with Crippen molar-refractivity contribution in [2.75, 3.05) is 30.9 Å². The number of imide groups is 1. The van der Waals surface area contributed by atoms with Crippen LogP contribution in [0.25, 0.3) is 6.08 Å². The van der Waals surface area contributed by atoms with Crippen LogP contribution in [-0.2, 0) is 14.4 Å². The maximum atomic E-state index is 12.9. The number of carbonyl (C=O) groups excluding carboxylic acids is 4. The Kier molecular flexibility index (Phi) is 9.51. The van der Waals surface area contributed by atoms with E-state index in [1.54, 1.807) is 48.5 Å². The van der Waals surface area contributed by atoms with Gasteiger partial charge in [-0.15, -0.1) is 0 Å². The lowest BCUT2D eigenvalue weighted by Gasteiger charge is -2.13. The van der Waals surface area contributed by atoms with E-state index in [1.165, 1.54) is 13.2 Å². The molecular formula is C28H23BrClN3O6S. The summed E-state index contributed by atoms with van der Waals surface area (Å²) in [7, 11) is 1.44. The third kappa shape index (κ3) is 7.23. The lowest BCUT2D eigenvalue weighted by molar-refractivity contribution is -0.127. The highest BCUT2D eigenvalue weighted by Crippen LogP contribution is 2.34. The summed E-state index contributed by atoms with van der Waals surface area (Å²) in [5.74, 6) is -0.813. The van der Waals surface area contributed by atoms with Gasteiger partial charge in [0.25, 0.3) is 17.1 Å². The number of nitrogens with one attached hydrogen (secondary N) is 2. The number of methoxy groups -OCH3 is 1. The van der Waals surface area contributed by atoms with Crippen molar-refractivity contribution in [2.45, 2.75) is 6.92 Å². The van der Waals surface area contributed by atoms with E-state index in [1.807, 2.05) is 19.1 Å². The second-order valence-corrected chi connectivity index (χ2v) is 10.8. The lowest BCUT2D eigenvalue weighted by atomic mass is 10.2. The number of hydrogen-bond acceptors (Lipinski definition) is 7. The maximum Gasteiger partial charge on any atom is 0.294 e. The van der Waals surface area contributed by atoms with Gasteiger partial charge in [0.05, 0.1) is 17.0 Å². The monoisotopic (exact) mass is 643 g/mol. The van der Waals surface area contributed by atoms with Gasteiger partial charge in [-0.2, -0.15) is 0 Å². The Balaban J connectivity index is 1.38. The number of halogens is 2. The summed E-state index contributed by atoms with van der Waals surface area (Å²) in [6.07, 6.45) is 1.53. The zero-order valence-electron chi connectivity index (χ0n) is 21.3. The van der Waals surface area contributed by atoms with Crippen molar-refractivity contribution in [2.24, 2.45) is 0 Å². The fourth-order valence-corrected chi connectivity index (χ4v) is 4.91. The Bertz CT molecular complexity index is 1530. The molecule has 40 heavy (non-hydrogen) atoms. The van der Waals surface area contributed by atoms with E-state index in [0.717, 1.165) is 22.2 Å². The van der Waals surface area contributed by atoms with E-state index >= 15 is 0 Å². The molecule has 0 aliphatic carbocycles.